The highest BCUT2D eigenvalue weighted by Gasteiger charge is 2.28. The van der Waals surface area contributed by atoms with E-state index in [9.17, 15) is 13.2 Å². The molecule has 0 aliphatic rings. The Morgan fingerprint density at radius 2 is 1.54 bits per heavy atom. The van der Waals surface area contributed by atoms with Crippen LogP contribution in [0.15, 0.2) is 4.99 Å². The summed E-state index contributed by atoms with van der Waals surface area (Å²) in [6.07, 6.45) is -3.52. The van der Waals surface area contributed by atoms with Gasteiger partial charge in [0.25, 0.3) is 0 Å². The Morgan fingerprint density at radius 1 is 1.00 bits per heavy atom. The first-order valence-electron chi connectivity index (χ1n) is 8.52. The van der Waals surface area contributed by atoms with Crippen LogP contribution in [0.1, 0.15) is 34.1 Å². The molecular formula is C16H34F3N5. The van der Waals surface area contributed by atoms with Crippen LogP contribution in [0, 0.1) is 0 Å². The molecule has 0 aliphatic carbocycles. The molecule has 0 spiro atoms. The van der Waals surface area contributed by atoms with E-state index in [2.05, 4.69) is 48.2 Å². The third-order valence-corrected chi connectivity index (χ3v) is 3.67. The number of guanidine groups is 1. The summed E-state index contributed by atoms with van der Waals surface area (Å²) in [6.45, 7) is 10.5. The quantitative estimate of drug-likeness (QED) is 0.359. The van der Waals surface area contributed by atoms with Crippen molar-refractivity contribution in [3.05, 3.63) is 0 Å². The topological polar surface area (TPSA) is 42.9 Å². The van der Waals surface area contributed by atoms with Gasteiger partial charge in [0, 0.05) is 38.8 Å². The van der Waals surface area contributed by atoms with Crippen LogP contribution in [0.5, 0.6) is 0 Å². The fourth-order valence-electron chi connectivity index (χ4n) is 2.58. The molecular weight excluding hydrogens is 319 g/mol. The fourth-order valence-corrected chi connectivity index (χ4v) is 2.58. The highest BCUT2D eigenvalue weighted by Crippen LogP contribution is 2.15. The Bertz CT molecular complexity index is 348. The Labute approximate surface area is 144 Å². The molecule has 0 saturated heterocycles. The summed E-state index contributed by atoms with van der Waals surface area (Å²) in [6, 6.07) is 0.955. The molecule has 0 atom stereocenters. The lowest BCUT2D eigenvalue weighted by atomic mass is 10.2. The third kappa shape index (κ3) is 11.5. The van der Waals surface area contributed by atoms with Crippen molar-refractivity contribution in [1.82, 2.24) is 20.4 Å². The molecule has 0 unspecified atom stereocenters. The van der Waals surface area contributed by atoms with Gasteiger partial charge in [0.1, 0.15) is 0 Å². The molecule has 0 aromatic carbocycles. The second-order valence-corrected chi connectivity index (χ2v) is 6.56. The summed E-state index contributed by atoms with van der Waals surface area (Å²) in [5.74, 6) is 0.681. The standard InChI is InChI=1S/C16H34F3N5/c1-13(2)24(14(3)4)11-9-22-15(20-5)21-8-7-10-23(6)12-16(17,18)19/h13-14H,7-12H2,1-6H3,(H2,20,21,22). The van der Waals surface area contributed by atoms with Crippen molar-refractivity contribution in [2.45, 2.75) is 52.4 Å². The molecule has 0 saturated carbocycles. The van der Waals surface area contributed by atoms with Crippen molar-refractivity contribution in [2.75, 3.05) is 46.8 Å². The molecule has 144 valence electrons. The molecule has 0 aromatic rings. The fraction of sp³-hybridized carbons (Fsp3) is 0.938. The van der Waals surface area contributed by atoms with E-state index in [0.717, 1.165) is 13.1 Å². The van der Waals surface area contributed by atoms with Gasteiger partial charge in [-0.2, -0.15) is 13.2 Å². The van der Waals surface area contributed by atoms with Gasteiger partial charge >= 0.3 is 6.18 Å². The third-order valence-electron chi connectivity index (χ3n) is 3.67. The van der Waals surface area contributed by atoms with Crippen molar-refractivity contribution in [2.24, 2.45) is 4.99 Å². The predicted octanol–water partition coefficient (Wildman–Crippen LogP) is 2.15. The second kappa shape index (κ2) is 11.5. The van der Waals surface area contributed by atoms with Gasteiger partial charge in [-0.25, -0.2) is 0 Å². The van der Waals surface area contributed by atoms with Crippen molar-refractivity contribution in [1.29, 1.82) is 0 Å². The van der Waals surface area contributed by atoms with E-state index in [1.807, 2.05) is 0 Å². The smallest absolute Gasteiger partial charge is 0.356 e. The van der Waals surface area contributed by atoms with Gasteiger partial charge < -0.3 is 10.6 Å². The summed E-state index contributed by atoms with van der Waals surface area (Å²) in [5, 5.41) is 6.37. The first-order valence-corrected chi connectivity index (χ1v) is 8.52. The van der Waals surface area contributed by atoms with Crippen molar-refractivity contribution in [3.63, 3.8) is 0 Å². The number of alkyl halides is 3. The lowest BCUT2D eigenvalue weighted by Crippen LogP contribution is -2.45. The van der Waals surface area contributed by atoms with Gasteiger partial charge in [-0.1, -0.05) is 0 Å². The summed E-state index contributed by atoms with van der Waals surface area (Å²) in [4.78, 5) is 7.79. The highest BCUT2D eigenvalue weighted by atomic mass is 19.4. The molecule has 24 heavy (non-hydrogen) atoms. The van der Waals surface area contributed by atoms with Crippen molar-refractivity contribution < 1.29 is 13.2 Å². The first-order chi connectivity index (χ1) is 11.1. The molecule has 0 rings (SSSR count). The molecule has 0 aliphatic heterocycles. The van der Waals surface area contributed by atoms with E-state index in [1.165, 1.54) is 11.9 Å². The number of rotatable bonds is 10. The maximum absolute atomic E-state index is 12.2. The summed E-state index contributed by atoms with van der Waals surface area (Å²) in [7, 11) is 3.17. The number of nitrogens with zero attached hydrogens (tertiary/aromatic N) is 3. The number of hydrogen-bond donors (Lipinski definition) is 2. The van der Waals surface area contributed by atoms with Crippen molar-refractivity contribution >= 4 is 5.96 Å². The number of hydrogen-bond acceptors (Lipinski definition) is 3. The zero-order valence-corrected chi connectivity index (χ0v) is 15.9. The van der Waals surface area contributed by atoms with Gasteiger partial charge in [0.2, 0.25) is 0 Å². The Morgan fingerprint density at radius 3 is 2.00 bits per heavy atom. The monoisotopic (exact) mass is 353 g/mol. The van der Waals surface area contributed by atoms with Gasteiger partial charge in [0.15, 0.2) is 5.96 Å². The minimum atomic E-state index is -4.14. The van der Waals surface area contributed by atoms with Crippen LogP contribution < -0.4 is 10.6 Å². The van der Waals surface area contributed by atoms with Crippen LogP contribution in [-0.2, 0) is 0 Å². The SMILES string of the molecule is CN=C(NCCCN(C)CC(F)(F)F)NCCN(C(C)C)C(C)C. The van der Waals surface area contributed by atoms with Crippen LogP contribution >= 0.6 is 0 Å². The number of nitrogens with one attached hydrogen (secondary N) is 2. The minimum absolute atomic E-state index is 0.387. The Hall–Kier alpha value is -1.02. The van der Waals surface area contributed by atoms with E-state index >= 15 is 0 Å². The van der Waals surface area contributed by atoms with Crippen molar-refractivity contribution in [3.8, 4) is 0 Å². The molecule has 2 N–H and O–H groups in total. The number of aliphatic imine (C=N–C) groups is 1. The minimum Gasteiger partial charge on any atom is -0.356 e. The highest BCUT2D eigenvalue weighted by molar-refractivity contribution is 5.79. The van der Waals surface area contributed by atoms with E-state index in [4.69, 9.17) is 0 Å². The molecule has 0 amide bonds. The zero-order chi connectivity index (χ0) is 18.8. The van der Waals surface area contributed by atoms with Gasteiger partial charge in [0.05, 0.1) is 6.54 Å². The zero-order valence-electron chi connectivity index (χ0n) is 15.9. The number of halogens is 3. The molecule has 8 heteroatoms. The molecule has 0 fully saturated rings. The molecule has 0 aromatic heterocycles. The lowest BCUT2D eigenvalue weighted by molar-refractivity contribution is -0.143. The van der Waals surface area contributed by atoms with Gasteiger partial charge in [-0.15, -0.1) is 0 Å². The van der Waals surface area contributed by atoms with E-state index in [1.54, 1.807) is 7.05 Å². The summed E-state index contributed by atoms with van der Waals surface area (Å²) < 4.78 is 36.7. The van der Waals surface area contributed by atoms with Gasteiger partial charge in [-0.3, -0.25) is 14.8 Å². The molecule has 0 bridgehead atoms. The molecule has 5 nitrogen and oxygen atoms in total. The maximum Gasteiger partial charge on any atom is 0.401 e. The Kier molecular flexibility index (Phi) is 11.0. The van der Waals surface area contributed by atoms with E-state index < -0.39 is 12.7 Å². The van der Waals surface area contributed by atoms with Crippen LogP contribution in [0.4, 0.5) is 13.2 Å². The van der Waals surface area contributed by atoms with E-state index in [0.29, 0.717) is 37.6 Å². The predicted molar refractivity (Wildman–Crippen MR) is 94.5 cm³/mol. The average molecular weight is 353 g/mol. The summed E-state index contributed by atoms with van der Waals surface area (Å²) >= 11 is 0. The second-order valence-electron chi connectivity index (χ2n) is 6.56. The van der Waals surface area contributed by atoms with Gasteiger partial charge in [-0.05, 0) is 47.7 Å². The maximum atomic E-state index is 12.2. The largest absolute Gasteiger partial charge is 0.401 e. The van der Waals surface area contributed by atoms with Crippen LogP contribution in [0.2, 0.25) is 0 Å². The lowest BCUT2D eigenvalue weighted by Gasteiger charge is -2.30. The Balaban J connectivity index is 3.97. The van der Waals surface area contributed by atoms with Crippen LogP contribution in [0.25, 0.3) is 0 Å². The average Bonchev–Trinajstić information content (AvgIpc) is 2.42. The normalized spacial score (nSPS) is 13.5. The first kappa shape index (κ1) is 23.0. The van der Waals surface area contributed by atoms with Crippen LogP contribution in [-0.4, -0.2) is 80.8 Å². The summed E-state index contributed by atoms with van der Waals surface area (Å²) in [5.41, 5.74) is 0. The molecule has 0 radical (unpaired) electrons. The molecule has 0 heterocycles. The van der Waals surface area contributed by atoms with Crippen LogP contribution in [0.3, 0.4) is 0 Å². The van der Waals surface area contributed by atoms with E-state index in [-0.39, 0.29) is 0 Å².